The molecule has 180 valence electrons. The SMILES string of the molecule is Cc1cccc(N2CCN(C(=O)CSc3nnc(-c4c[nH]c5ccccc45)n3C3CC3)CC2)c1C. The number of para-hydroxylation sites is 1. The molecule has 3 heterocycles. The van der Waals surface area contributed by atoms with Crippen LogP contribution in [0.4, 0.5) is 5.69 Å². The molecule has 0 bridgehead atoms. The van der Waals surface area contributed by atoms with Crippen LogP contribution in [0, 0.1) is 13.8 Å². The first-order valence-corrected chi connectivity index (χ1v) is 13.3. The van der Waals surface area contributed by atoms with Gasteiger partial charge in [0.15, 0.2) is 11.0 Å². The average Bonchev–Trinajstić information content (AvgIpc) is 3.49. The zero-order valence-corrected chi connectivity index (χ0v) is 21.0. The zero-order valence-electron chi connectivity index (χ0n) is 20.2. The maximum Gasteiger partial charge on any atom is 0.233 e. The van der Waals surface area contributed by atoms with E-state index in [1.807, 2.05) is 23.2 Å². The van der Waals surface area contributed by atoms with Crippen molar-refractivity contribution in [3.05, 3.63) is 59.8 Å². The molecule has 0 radical (unpaired) electrons. The summed E-state index contributed by atoms with van der Waals surface area (Å²) in [5, 5.41) is 11.1. The van der Waals surface area contributed by atoms with Crippen LogP contribution < -0.4 is 4.90 Å². The Bertz CT molecular complexity index is 1380. The molecule has 1 aliphatic heterocycles. The lowest BCUT2D eigenvalue weighted by atomic mass is 10.1. The van der Waals surface area contributed by atoms with Gasteiger partial charge in [0.05, 0.1) is 5.75 Å². The maximum absolute atomic E-state index is 13.1. The van der Waals surface area contributed by atoms with E-state index >= 15 is 0 Å². The number of amides is 1. The molecule has 6 rings (SSSR count). The van der Waals surface area contributed by atoms with Crippen molar-refractivity contribution in [2.75, 3.05) is 36.8 Å². The summed E-state index contributed by atoms with van der Waals surface area (Å²) in [5.74, 6) is 1.46. The molecular weight excluding hydrogens is 456 g/mol. The van der Waals surface area contributed by atoms with Crippen molar-refractivity contribution in [1.29, 1.82) is 0 Å². The molecule has 0 atom stereocenters. The standard InChI is InChI=1S/C27H30N6OS/c1-18-6-5-9-24(19(18)2)31-12-14-32(15-13-31)25(34)17-35-27-30-29-26(33(27)20-10-11-20)22-16-28-23-8-4-3-7-21(22)23/h3-9,16,20,28H,10-15,17H2,1-2H3. The van der Waals surface area contributed by atoms with Gasteiger partial charge >= 0.3 is 0 Å². The van der Waals surface area contributed by atoms with Crippen LogP contribution in [0.25, 0.3) is 22.3 Å². The third kappa shape index (κ3) is 4.20. The minimum absolute atomic E-state index is 0.176. The van der Waals surface area contributed by atoms with Crippen molar-refractivity contribution in [1.82, 2.24) is 24.6 Å². The van der Waals surface area contributed by atoms with E-state index in [0.29, 0.717) is 11.8 Å². The second-order valence-electron chi connectivity index (χ2n) is 9.53. The number of aromatic nitrogens is 4. The summed E-state index contributed by atoms with van der Waals surface area (Å²) in [6, 6.07) is 15.1. The third-order valence-corrected chi connectivity index (χ3v) is 8.21. The van der Waals surface area contributed by atoms with E-state index in [-0.39, 0.29) is 5.91 Å². The van der Waals surface area contributed by atoms with E-state index < -0.39 is 0 Å². The van der Waals surface area contributed by atoms with Gasteiger partial charge in [-0.3, -0.25) is 9.36 Å². The topological polar surface area (TPSA) is 70.1 Å². The number of hydrogen-bond acceptors (Lipinski definition) is 5. The fourth-order valence-corrected chi connectivity index (χ4v) is 5.88. The van der Waals surface area contributed by atoms with Gasteiger partial charge in [-0.1, -0.05) is 42.1 Å². The molecule has 8 heteroatoms. The second-order valence-corrected chi connectivity index (χ2v) is 10.5. The van der Waals surface area contributed by atoms with Crippen molar-refractivity contribution in [2.45, 2.75) is 37.9 Å². The second kappa shape index (κ2) is 9.07. The van der Waals surface area contributed by atoms with Crippen LogP contribution in [0.1, 0.15) is 30.0 Å². The van der Waals surface area contributed by atoms with Crippen molar-refractivity contribution in [3.63, 3.8) is 0 Å². The van der Waals surface area contributed by atoms with Gasteiger partial charge in [-0.2, -0.15) is 0 Å². The fraction of sp³-hybridized carbons (Fsp3) is 0.370. The number of carbonyl (C=O) groups is 1. The highest BCUT2D eigenvalue weighted by molar-refractivity contribution is 7.99. The smallest absolute Gasteiger partial charge is 0.233 e. The van der Waals surface area contributed by atoms with Crippen LogP contribution in [-0.4, -0.2) is 62.5 Å². The van der Waals surface area contributed by atoms with Gasteiger partial charge in [-0.25, -0.2) is 0 Å². The van der Waals surface area contributed by atoms with Gasteiger partial charge in [0.25, 0.3) is 0 Å². The normalized spacial score (nSPS) is 16.3. The molecule has 0 unspecified atom stereocenters. The lowest BCUT2D eigenvalue weighted by Crippen LogP contribution is -2.49. The number of thioether (sulfide) groups is 1. The number of hydrogen-bond donors (Lipinski definition) is 1. The minimum Gasteiger partial charge on any atom is -0.368 e. The van der Waals surface area contributed by atoms with E-state index in [4.69, 9.17) is 0 Å². The number of anilines is 1. The minimum atomic E-state index is 0.176. The first-order valence-electron chi connectivity index (χ1n) is 12.3. The molecule has 7 nitrogen and oxygen atoms in total. The number of H-pyrrole nitrogens is 1. The highest BCUT2D eigenvalue weighted by atomic mass is 32.2. The monoisotopic (exact) mass is 486 g/mol. The Labute approximate surface area is 209 Å². The molecule has 35 heavy (non-hydrogen) atoms. The van der Waals surface area contributed by atoms with Crippen LogP contribution in [0.2, 0.25) is 0 Å². The summed E-state index contributed by atoms with van der Waals surface area (Å²) < 4.78 is 2.24. The lowest BCUT2D eigenvalue weighted by molar-refractivity contribution is -0.128. The van der Waals surface area contributed by atoms with E-state index in [0.717, 1.165) is 66.5 Å². The highest BCUT2D eigenvalue weighted by Crippen LogP contribution is 2.42. The number of nitrogens with zero attached hydrogens (tertiary/aromatic N) is 5. The molecule has 1 N–H and O–H groups in total. The highest BCUT2D eigenvalue weighted by Gasteiger charge is 2.31. The number of fused-ring (bicyclic) bond motifs is 1. The summed E-state index contributed by atoms with van der Waals surface area (Å²) in [6.45, 7) is 7.57. The number of piperazine rings is 1. The van der Waals surface area contributed by atoms with Gasteiger partial charge in [-0.05, 0) is 49.9 Å². The summed E-state index contributed by atoms with van der Waals surface area (Å²) in [7, 11) is 0. The van der Waals surface area contributed by atoms with Gasteiger partial charge in [-0.15, -0.1) is 10.2 Å². The summed E-state index contributed by atoms with van der Waals surface area (Å²) in [5.41, 5.74) is 6.09. The Morgan fingerprint density at radius 3 is 2.63 bits per heavy atom. The summed E-state index contributed by atoms with van der Waals surface area (Å²) in [6.07, 6.45) is 4.28. The summed E-state index contributed by atoms with van der Waals surface area (Å²) in [4.78, 5) is 20.8. The number of aryl methyl sites for hydroxylation is 1. The molecular formula is C27H30N6OS. The molecule has 1 amide bonds. The molecule has 1 saturated carbocycles. The molecule has 1 saturated heterocycles. The van der Waals surface area contributed by atoms with Crippen molar-refractivity contribution >= 4 is 34.3 Å². The van der Waals surface area contributed by atoms with Gasteiger partial charge < -0.3 is 14.8 Å². The summed E-state index contributed by atoms with van der Waals surface area (Å²) >= 11 is 1.52. The number of carbonyl (C=O) groups excluding carboxylic acids is 1. The molecule has 2 aromatic heterocycles. The zero-order chi connectivity index (χ0) is 23.9. The Hall–Kier alpha value is -3.26. The van der Waals surface area contributed by atoms with E-state index in [2.05, 4.69) is 68.8 Å². The van der Waals surface area contributed by atoms with E-state index in [9.17, 15) is 4.79 Å². The molecule has 2 aliphatic rings. The van der Waals surface area contributed by atoms with Crippen LogP contribution in [0.5, 0.6) is 0 Å². The molecule has 4 aromatic rings. The van der Waals surface area contributed by atoms with Gasteiger partial charge in [0, 0.05) is 60.6 Å². The largest absolute Gasteiger partial charge is 0.368 e. The predicted molar refractivity (Wildman–Crippen MR) is 141 cm³/mol. The first-order chi connectivity index (χ1) is 17.1. The predicted octanol–water partition coefficient (Wildman–Crippen LogP) is 4.82. The first kappa shape index (κ1) is 22.2. The van der Waals surface area contributed by atoms with Gasteiger partial charge in [0.2, 0.25) is 5.91 Å². The number of benzene rings is 2. The Balaban J connectivity index is 1.13. The fourth-order valence-electron chi connectivity index (χ4n) is 4.97. The van der Waals surface area contributed by atoms with Crippen LogP contribution in [-0.2, 0) is 4.79 Å². The molecule has 0 spiro atoms. The number of rotatable bonds is 6. The quantitative estimate of drug-likeness (QED) is 0.396. The Morgan fingerprint density at radius 1 is 1.03 bits per heavy atom. The van der Waals surface area contributed by atoms with Crippen molar-refractivity contribution in [3.8, 4) is 11.4 Å². The lowest BCUT2D eigenvalue weighted by Gasteiger charge is -2.37. The third-order valence-electron chi connectivity index (χ3n) is 7.28. The van der Waals surface area contributed by atoms with Crippen LogP contribution >= 0.6 is 11.8 Å². The average molecular weight is 487 g/mol. The van der Waals surface area contributed by atoms with E-state index in [1.54, 1.807) is 0 Å². The number of nitrogens with one attached hydrogen (secondary N) is 1. The van der Waals surface area contributed by atoms with Crippen LogP contribution in [0.15, 0.2) is 53.8 Å². The van der Waals surface area contributed by atoms with E-state index in [1.165, 1.54) is 28.6 Å². The molecule has 1 aliphatic carbocycles. The molecule has 2 fully saturated rings. The Kier molecular flexibility index (Phi) is 5.76. The Morgan fingerprint density at radius 2 is 1.83 bits per heavy atom. The maximum atomic E-state index is 13.1. The van der Waals surface area contributed by atoms with Crippen molar-refractivity contribution < 1.29 is 4.79 Å². The number of aromatic amines is 1. The van der Waals surface area contributed by atoms with Gasteiger partial charge in [0.1, 0.15) is 0 Å². The molecule has 2 aromatic carbocycles. The van der Waals surface area contributed by atoms with Crippen molar-refractivity contribution in [2.24, 2.45) is 0 Å². The van der Waals surface area contributed by atoms with Crippen LogP contribution in [0.3, 0.4) is 0 Å².